The summed E-state index contributed by atoms with van der Waals surface area (Å²) in [6.45, 7) is 0. The average Bonchev–Trinajstić information content (AvgIpc) is 3.13. The molecule has 0 fully saturated rings. The molecular weight excluding hydrogens is 344 g/mol. The van der Waals surface area contributed by atoms with Crippen molar-refractivity contribution in [3.05, 3.63) is 53.4 Å². The number of benzene rings is 1. The summed E-state index contributed by atoms with van der Waals surface area (Å²) in [5.74, 6) is 0.481. The van der Waals surface area contributed by atoms with Gasteiger partial charge in [-0.3, -0.25) is 14.9 Å². The van der Waals surface area contributed by atoms with E-state index in [2.05, 4.69) is 20.5 Å². The maximum atomic E-state index is 12.5. The van der Waals surface area contributed by atoms with Gasteiger partial charge in [0.15, 0.2) is 0 Å². The number of methoxy groups -OCH3 is 2. The molecule has 0 atom stereocenters. The van der Waals surface area contributed by atoms with E-state index in [0.29, 0.717) is 33.6 Å². The highest BCUT2D eigenvalue weighted by Crippen LogP contribution is 2.36. The van der Waals surface area contributed by atoms with Crippen molar-refractivity contribution in [3.8, 4) is 22.8 Å². The van der Waals surface area contributed by atoms with Gasteiger partial charge in [0.1, 0.15) is 17.2 Å². The number of hydrogen-bond donors (Lipinski definition) is 2. The second-order valence-corrected chi connectivity index (χ2v) is 5.46. The molecule has 0 saturated carbocycles. The Bertz CT molecular complexity index is 896. The minimum atomic E-state index is -0.370. The van der Waals surface area contributed by atoms with Gasteiger partial charge in [0.05, 0.1) is 30.6 Å². The maximum absolute atomic E-state index is 12.5. The van der Waals surface area contributed by atoms with Crippen LogP contribution in [0.1, 0.15) is 10.5 Å². The molecule has 3 aromatic rings. The zero-order valence-electron chi connectivity index (χ0n) is 13.5. The van der Waals surface area contributed by atoms with Gasteiger partial charge in [0.2, 0.25) is 0 Å². The van der Waals surface area contributed by atoms with Crippen LogP contribution in [0.2, 0.25) is 5.02 Å². The van der Waals surface area contributed by atoms with Crippen LogP contribution in [0.5, 0.6) is 11.5 Å². The van der Waals surface area contributed by atoms with Crippen molar-refractivity contribution >= 4 is 23.2 Å². The molecule has 3 rings (SSSR count). The number of amides is 1. The van der Waals surface area contributed by atoms with Crippen LogP contribution < -0.4 is 14.8 Å². The van der Waals surface area contributed by atoms with Crippen LogP contribution >= 0.6 is 11.6 Å². The predicted octanol–water partition coefficient (Wildman–Crippen LogP) is 3.39. The molecule has 1 amide bonds. The molecular formula is C17H15ClN4O3. The van der Waals surface area contributed by atoms with Crippen LogP contribution in [-0.4, -0.2) is 35.3 Å². The van der Waals surface area contributed by atoms with Crippen LogP contribution in [0, 0.1) is 0 Å². The molecule has 2 heterocycles. The molecule has 8 heteroatoms. The van der Waals surface area contributed by atoms with Crippen molar-refractivity contribution in [2.24, 2.45) is 0 Å². The number of anilines is 1. The van der Waals surface area contributed by atoms with E-state index in [1.807, 2.05) is 6.07 Å². The summed E-state index contributed by atoms with van der Waals surface area (Å²) in [4.78, 5) is 16.5. The number of aromatic nitrogens is 3. The number of nitrogens with zero attached hydrogens (tertiary/aromatic N) is 2. The Balaban J connectivity index is 1.85. The zero-order chi connectivity index (χ0) is 17.8. The van der Waals surface area contributed by atoms with Crippen LogP contribution in [0.4, 0.5) is 5.69 Å². The van der Waals surface area contributed by atoms with Gasteiger partial charge in [-0.15, -0.1) is 0 Å². The summed E-state index contributed by atoms with van der Waals surface area (Å²) in [6, 6.07) is 8.47. The molecule has 1 aromatic carbocycles. The lowest BCUT2D eigenvalue weighted by Gasteiger charge is -2.12. The fourth-order valence-corrected chi connectivity index (χ4v) is 2.48. The molecule has 0 spiro atoms. The molecule has 25 heavy (non-hydrogen) atoms. The first-order valence-electron chi connectivity index (χ1n) is 7.31. The second kappa shape index (κ2) is 7.23. The van der Waals surface area contributed by atoms with Gasteiger partial charge in [-0.2, -0.15) is 5.10 Å². The molecule has 2 N–H and O–H groups in total. The number of rotatable bonds is 5. The third-order valence-corrected chi connectivity index (χ3v) is 3.80. The summed E-state index contributed by atoms with van der Waals surface area (Å²) >= 11 is 6.07. The molecule has 0 radical (unpaired) electrons. The minimum absolute atomic E-state index is 0.301. The number of pyridine rings is 1. The fraction of sp³-hybridized carbons (Fsp3) is 0.118. The van der Waals surface area contributed by atoms with E-state index >= 15 is 0 Å². The number of nitrogens with one attached hydrogen (secondary N) is 2. The molecule has 0 aliphatic heterocycles. The molecule has 0 aliphatic carbocycles. The lowest BCUT2D eigenvalue weighted by atomic mass is 10.2. The Morgan fingerprint density at radius 2 is 2.00 bits per heavy atom. The van der Waals surface area contributed by atoms with E-state index in [1.54, 1.807) is 36.7 Å². The highest BCUT2D eigenvalue weighted by Gasteiger charge is 2.16. The zero-order valence-corrected chi connectivity index (χ0v) is 14.3. The summed E-state index contributed by atoms with van der Waals surface area (Å²) in [5, 5.41) is 9.99. The Morgan fingerprint density at radius 3 is 2.68 bits per heavy atom. The first-order valence-corrected chi connectivity index (χ1v) is 7.69. The summed E-state index contributed by atoms with van der Waals surface area (Å²) in [7, 11) is 2.98. The van der Waals surface area contributed by atoms with Crippen molar-refractivity contribution in [2.75, 3.05) is 19.5 Å². The standard InChI is InChI=1S/C17H15ClN4O3/c1-24-15-8-13(16(25-2)6-11(15)18)20-17(23)14-7-12(21-22-14)10-4-3-5-19-9-10/h3-9H,1-2H3,(H,20,23)(H,21,22). The maximum Gasteiger partial charge on any atom is 0.273 e. The van der Waals surface area contributed by atoms with E-state index in [-0.39, 0.29) is 5.91 Å². The number of H-pyrrole nitrogens is 1. The number of carbonyl (C=O) groups is 1. The van der Waals surface area contributed by atoms with E-state index in [9.17, 15) is 4.79 Å². The first kappa shape index (κ1) is 16.8. The van der Waals surface area contributed by atoms with Gasteiger partial charge < -0.3 is 14.8 Å². The Morgan fingerprint density at radius 1 is 1.20 bits per heavy atom. The number of ether oxygens (including phenoxy) is 2. The Labute approximate surface area is 148 Å². The van der Waals surface area contributed by atoms with Crippen LogP contribution in [0.25, 0.3) is 11.3 Å². The van der Waals surface area contributed by atoms with Gasteiger partial charge in [-0.25, -0.2) is 0 Å². The molecule has 7 nitrogen and oxygen atoms in total. The van der Waals surface area contributed by atoms with E-state index in [4.69, 9.17) is 21.1 Å². The quantitative estimate of drug-likeness (QED) is 0.729. The molecule has 0 saturated heterocycles. The average molecular weight is 359 g/mol. The molecule has 0 unspecified atom stereocenters. The largest absolute Gasteiger partial charge is 0.495 e. The smallest absolute Gasteiger partial charge is 0.273 e. The van der Waals surface area contributed by atoms with Crippen LogP contribution in [-0.2, 0) is 0 Å². The SMILES string of the molecule is COc1cc(NC(=O)c2cc(-c3cccnc3)n[nH]2)c(OC)cc1Cl. The normalized spacial score (nSPS) is 10.4. The predicted molar refractivity (Wildman–Crippen MR) is 94.3 cm³/mol. The molecule has 128 valence electrons. The van der Waals surface area contributed by atoms with Crippen molar-refractivity contribution < 1.29 is 14.3 Å². The van der Waals surface area contributed by atoms with Crippen LogP contribution in [0.3, 0.4) is 0 Å². The van der Waals surface area contributed by atoms with Gasteiger partial charge in [-0.1, -0.05) is 11.6 Å². The van der Waals surface area contributed by atoms with E-state index in [1.165, 1.54) is 14.2 Å². The number of carbonyl (C=O) groups excluding carboxylic acids is 1. The van der Waals surface area contributed by atoms with E-state index in [0.717, 1.165) is 5.56 Å². The van der Waals surface area contributed by atoms with E-state index < -0.39 is 0 Å². The lowest BCUT2D eigenvalue weighted by molar-refractivity contribution is 0.102. The van der Waals surface area contributed by atoms with Crippen molar-refractivity contribution in [2.45, 2.75) is 0 Å². The molecule has 0 aliphatic rings. The van der Waals surface area contributed by atoms with Crippen LogP contribution in [0.15, 0.2) is 42.7 Å². The summed E-state index contributed by atoms with van der Waals surface area (Å²) in [6.07, 6.45) is 3.34. The molecule has 2 aromatic heterocycles. The fourth-order valence-electron chi connectivity index (χ4n) is 2.25. The highest BCUT2D eigenvalue weighted by molar-refractivity contribution is 6.32. The third-order valence-electron chi connectivity index (χ3n) is 3.50. The van der Waals surface area contributed by atoms with Gasteiger partial charge in [0.25, 0.3) is 5.91 Å². The molecule has 0 bridgehead atoms. The highest BCUT2D eigenvalue weighted by atomic mass is 35.5. The number of halogens is 1. The summed E-state index contributed by atoms with van der Waals surface area (Å²) in [5.41, 5.74) is 2.17. The second-order valence-electron chi connectivity index (χ2n) is 5.05. The van der Waals surface area contributed by atoms with Crippen molar-refractivity contribution in [1.82, 2.24) is 15.2 Å². The van der Waals surface area contributed by atoms with Crippen molar-refractivity contribution in [3.63, 3.8) is 0 Å². The number of aromatic amines is 1. The Kier molecular flexibility index (Phi) is 4.85. The Hall–Kier alpha value is -3.06. The van der Waals surface area contributed by atoms with Gasteiger partial charge in [-0.05, 0) is 18.2 Å². The topological polar surface area (TPSA) is 89.1 Å². The van der Waals surface area contributed by atoms with Gasteiger partial charge in [0, 0.05) is 30.1 Å². The lowest BCUT2D eigenvalue weighted by Crippen LogP contribution is -2.13. The minimum Gasteiger partial charge on any atom is -0.495 e. The number of hydrogen-bond acceptors (Lipinski definition) is 5. The first-order chi connectivity index (χ1) is 12.1. The third kappa shape index (κ3) is 3.56. The van der Waals surface area contributed by atoms with Gasteiger partial charge >= 0.3 is 0 Å². The monoisotopic (exact) mass is 358 g/mol. The van der Waals surface area contributed by atoms with Crippen molar-refractivity contribution in [1.29, 1.82) is 0 Å². The summed E-state index contributed by atoms with van der Waals surface area (Å²) < 4.78 is 10.4.